The molecule has 3 rings (SSSR count). The van der Waals surface area contributed by atoms with Gasteiger partial charge in [-0.2, -0.15) is 0 Å². The molecule has 4 amide bonds. The number of nitrogens with one attached hydrogen (secondary N) is 2. The van der Waals surface area contributed by atoms with Crippen LogP contribution in [0.4, 0.5) is 4.79 Å². The molecule has 2 fully saturated rings. The van der Waals surface area contributed by atoms with Crippen LogP contribution in [0.1, 0.15) is 48.9 Å². The first kappa shape index (κ1) is 19.1. The first-order valence-electron chi connectivity index (χ1n) is 9.32. The number of likely N-dealkylation sites (N-methyl/N-ethyl adjacent to an activating group) is 1. The van der Waals surface area contributed by atoms with E-state index in [2.05, 4.69) is 10.3 Å². The summed E-state index contributed by atoms with van der Waals surface area (Å²) in [7, 11) is 1.64. The number of aryl methyl sites for hydroxylation is 2. The van der Waals surface area contributed by atoms with Crippen LogP contribution in [-0.2, 0) is 16.1 Å². The predicted octanol–water partition coefficient (Wildman–Crippen LogP) is 1.20. The Hall–Kier alpha value is -2.64. The van der Waals surface area contributed by atoms with Crippen LogP contribution in [0.3, 0.4) is 0 Å². The number of hydrogen-bond acceptors (Lipinski definition) is 4. The lowest BCUT2D eigenvalue weighted by Crippen LogP contribution is -2.49. The second-order valence-electron chi connectivity index (χ2n) is 7.54. The Bertz CT molecular complexity index is 839. The van der Waals surface area contributed by atoms with Crippen LogP contribution in [0.25, 0.3) is 0 Å². The Kier molecular flexibility index (Phi) is 5.08. The number of imide groups is 1. The molecule has 1 spiro atoms. The van der Waals surface area contributed by atoms with Crippen molar-refractivity contribution in [3.63, 3.8) is 0 Å². The molecular weight excluding hydrogens is 348 g/mol. The summed E-state index contributed by atoms with van der Waals surface area (Å²) >= 11 is 0. The first-order valence-corrected chi connectivity index (χ1v) is 9.32. The van der Waals surface area contributed by atoms with Gasteiger partial charge in [0.1, 0.15) is 12.1 Å². The van der Waals surface area contributed by atoms with Gasteiger partial charge in [-0.05, 0) is 38.3 Å². The van der Waals surface area contributed by atoms with E-state index < -0.39 is 17.5 Å². The summed E-state index contributed by atoms with van der Waals surface area (Å²) in [4.78, 5) is 55.0. The summed E-state index contributed by atoms with van der Waals surface area (Å²) in [6, 6.07) is 1.40. The maximum Gasteiger partial charge on any atom is 0.327 e. The fourth-order valence-corrected chi connectivity index (χ4v) is 4.16. The van der Waals surface area contributed by atoms with Crippen molar-refractivity contribution in [2.24, 2.45) is 0 Å². The van der Waals surface area contributed by atoms with Crippen molar-refractivity contribution in [2.45, 2.75) is 58.0 Å². The van der Waals surface area contributed by atoms with Gasteiger partial charge in [-0.1, -0.05) is 19.3 Å². The molecular formula is C19H26N4O4. The zero-order chi connectivity index (χ0) is 19.8. The van der Waals surface area contributed by atoms with Crippen LogP contribution >= 0.6 is 0 Å². The van der Waals surface area contributed by atoms with Gasteiger partial charge in [0, 0.05) is 24.8 Å². The Balaban J connectivity index is 1.67. The number of aromatic nitrogens is 1. The molecule has 2 heterocycles. The van der Waals surface area contributed by atoms with E-state index >= 15 is 0 Å². The lowest BCUT2D eigenvalue weighted by Gasteiger charge is -2.35. The second kappa shape index (κ2) is 7.17. The zero-order valence-corrected chi connectivity index (χ0v) is 16.1. The van der Waals surface area contributed by atoms with Crippen LogP contribution in [-0.4, -0.2) is 51.8 Å². The van der Waals surface area contributed by atoms with E-state index in [9.17, 15) is 19.2 Å². The molecule has 1 saturated heterocycles. The number of aromatic amines is 1. The smallest absolute Gasteiger partial charge is 0.327 e. The number of H-pyrrole nitrogens is 1. The Labute approximate surface area is 157 Å². The van der Waals surface area contributed by atoms with Crippen molar-refractivity contribution in [1.82, 2.24) is 20.1 Å². The van der Waals surface area contributed by atoms with E-state index in [0.29, 0.717) is 18.4 Å². The summed E-state index contributed by atoms with van der Waals surface area (Å²) in [6.07, 6.45) is 4.15. The molecule has 1 saturated carbocycles. The molecule has 2 N–H and O–H groups in total. The van der Waals surface area contributed by atoms with Crippen LogP contribution in [0.5, 0.6) is 0 Å². The maximum atomic E-state index is 12.9. The molecule has 0 aromatic carbocycles. The molecule has 1 aliphatic heterocycles. The number of nitrogens with zero attached hydrogens (tertiary/aromatic N) is 2. The zero-order valence-electron chi connectivity index (χ0n) is 16.1. The van der Waals surface area contributed by atoms with E-state index in [1.165, 1.54) is 4.90 Å². The molecule has 0 bridgehead atoms. The fourth-order valence-electron chi connectivity index (χ4n) is 4.16. The third-order valence-corrected chi connectivity index (χ3v) is 5.74. The lowest BCUT2D eigenvalue weighted by atomic mass is 9.81. The van der Waals surface area contributed by atoms with Crippen molar-refractivity contribution < 1.29 is 14.4 Å². The van der Waals surface area contributed by atoms with Crippen LogP contribution in [0.15, 0.2) is 10.9 Å². The summed E-state index contributed by atoms with van der Waals surface area (Å²) < 4.78 is 0. The van der Waals surface area contributed by atoms with Crippen molar-refractivity contribution in [1.29, 1.82) is 0 Å². The number of hydrogen-bond donors (Lipinski definition) is 2. The fraction of sp³-hybridized carbons (Fsp3) is 0.579. The van der Waals surface area contributed by atoms with Crippen molar-refractivity contribution in [3.05, 3.63) is 33.2 Å². The average Bonchev–Trinajstić information content (AvgIpc) is 2.78. The topological polar surface area (TPSA) is 103 Å². The average molecular weight is 374 g/mol. The number of pyridine rings is 1. The Morgan fingerprint density at radius 1 is 1.19 bits per heavy atom. The largest absolute Gasteiger partial charge is 0.350 e. The second-order valence-corrected chi connectivity index (χ2v) is 7.54. The van der Waals surface area contributed by atoms with E-state index in [0.717, 1.165) is 35.4 Å². The predicted molar refractivity (Wildman–Crippen MR) is 99.1 cm³/mol. The molecule has 8 nitrogen and oxygen atoms in total. The van der Waals surface area contributed by atoms with Crippen molar-refractivity contribution in [3.8, 4) is 0 Å². The van der Waals surface area contributed by atoms with Gasteiger partial charge in [0.15, 0.2) is 0 Å². The van der Waals surface area contributed by atoms with Gasteiger partial charge in [0.2, 0.25) is 5.91 Å². The normalized spacial score (nSPS) is 19.1. The van der Waals surface area contributed by atoms with Gasteiger partial charge in [-0.25, -0.2) is 4.79 Å². The molecule has 146 valence electrons. The molecule has 1 aromatic rings. The number of urea groups is 1. The standard InChI is InChI=1S/C19H26N4O4/c1-12-9-13(2)21-16(25)14(12)10-20-15(24)11-23-17(26)19(22(3)18(23)27)7-5-4-6-8-19/h9H,4-8,10-11H2,1-3H3,(H,20,24)(H,21,25). The SMILES string of the molecule is Cc1cc(C)c(CNC(=O)CN2C(=O)N(C)C3(CCCCC3)C2=O)c(=O)[nH]1. The third kappa shape index (κ3) is 3.36. The minimum Gasteiger partial charge on any atom is -0.350 e. The van der Waals surface area contributed by atoms with Gasteiger partial charge in [-0.15, -0.1) is 0 Å². The highest BCUT2D eigenvalue weighted by atomic mass is 16.2. The molecule has 2 aliphatic rings. The van der Waals surface area contributed by atoms with Gasteiger partial charge in [0.25, 0.3) is 11.5 Å². The van der Waals surface area contributed by atoms with Gasteiger partial charge in [0.05, 0.1) is 0 Å². The number of amides is 4. The minimum atomic E-state index is -0.791. The molecule has 0 radical (unpaired) electrons. The van der Waals surface area contributed by atoms with Crippen molar-refractivity contribution in [2.75, 3.05) is 13.6 Å². The summed E-state index contributed by atoms with van der Waals surface area (Å²) in [5.74, 6) is -0.744. The van der Waals surface area contributed by atoms with Crippen LogP contribution in [0, 0.1) is 13.8 Å². The number of carbonyl (C=O) groups excluding carboxylic acids is 3. The van der Waals surface area contributed by atoms with Crippen LogP contribution < -0.4 is 10.9 Å². The Morgan fingerprint density at radius 3 is 2.48 bits per heavy atom. The number of carbonyl (C=O) groups is 3. The van der Waals surface area contributed by atoms with E-state index in [1.807, 2.05) is 6.07 Å². The lowest BCUT2D eigenvalue weighted by molar-refractivity contribution is -0.137. The summed E-state index contributed by atoms with van der Waals surface area (Å²) in [6.45, 7) is 3.32. The third-order valence-electron chi connectivity index (χ3n) is 5.74. The van der Waals surface area contributed by atoms with Gasteiger partial charge >= 0.3 is 6.03 Å². The summed E-state index contributed by atoms with van der Waals surface area (Å²) in [5.41, 5.74) is 0.962. The van der Waals surface area contributed by atoms with Crippen LogP contribution in [0.2, 0.25) is 0 Å². The highest BCUT2D eigenvalue weighted by Crippen LogP contribution is 2.39. The molecule has 27 heavy (non-hydrogen) atoms. The molecule has 8 heteroatoms. The summed E-state index contributed by atoms with van der Waals surface area (Å²) in [5, 5.41) is 2.65. The quantitative estimate of drug-likeness (QED) is 0.773. The maximum absolute atomic E-state index is 12.9. The monoisotopic (exact) mass is 374 g/mol. The van der Waals surface area contributed by atoms with E-state index in [-0.39, 0.29) is 24.6 Å². The van der Waals surface area contributed by atoms with Gasteiger partial charge in [-0.3, -0.25) is 19.3 Å². The molecule has 0 atom stereocenters. The minimum absolute atomic E-state index is 0.0531. The highest BCUT2D eigenvalue weighted by Gasteiger charge is 2.55. The molecule has 1 aromatic heterocycles. The highest BCUT2D eigenvalue weighted by molar-refractivity contribution is 6.08. The number of rotatable bonds is 4. The molecule has 0 unspecified atom stereocenters. The Morgan fingerprint density at radius 2 is 1.85 bits per heavy atom. The van der Waals surface area contributed by atoms with Crippen molar-refractivity contribution >= 4 is 17.8 Å². The van der Waals surface area contributed by atoms with E-state index in [4.69, 9.17) is 0 Å². The van der Waals surface area contributed by atoms with Gasteiger partial charge < -0.3 is 15.2 Å². The molecule has 1 aliphatic carbocycles. The van der Waals surface area contributed by atoms with E-state index in [1.54, 1.807) is 20.9 Å². The first-order chi connectivity index (χ1) is 12.8.